The summed E-state index contributed by atoms with van der Waals surface area (Å²) < 4.78 is 14.6. The molecular formula is C17H16N2O5S2. The van der Waals surface area contributed by atoms with E-state index in [9.17, 15) is 14.4 Å². The van der Waals surface area contributed by atoms with Crippen molar-refractivity contribution < 1.29 is 23.9 Å². The molecule has 0 aliphatic carbocycles. The number of rotatable bonds is 6. The predicted molar refractivity (Wildman–Crippen MR) is 98.9 cm³/mol. The molecule has 2 rings (SSSR count). The fourth-order valence-electron chi connectivity index (χ4n) is 1.89. The topological polar surface area (TPSA) is 93.7 Å². The summed E-state index contributed by atoms with van der Waals surface area (Å²) in [4.78, 5) is 36.5. The molecule has 0 saturated heterocycles. The zero-order chi connectivity index (χ0) is 18.9. The van der Waals surface area contributed by atoms with E-state index in [1.54, 1.807) is 48.5 Å². The van der Waals surface area contributed by atoms with E-state index in [2.05, 4.69) is 9.44 Å². The molecule has 0 bridgehead atoms. The summed E-state index contributed by atoms with van der Waals surface area (Å²) in [5.41, 5.74) is 0.702. The van der Waals surface area contributed by atoms with Gasteiger partial charge in [-0.15, -0.1) is 0 Å². The molecule has 0 heterocycles. The Morgan fingerprint density at radius 3 is 1.50 bits per heavy atom. The van der Waals surface area contributed by atoms with Crippen LogP contribution in [0.5, 0.6) is 0 Å². The van der Waals surface area contributed by atoms with Crippen LogP contribution in [0.15, 0.2) is 58.3 Å². The average molecular weight is 392 g/mol. The molecule has 0 atom stereocenters. The van der Waals surface area contributed by atoms with Gasteiger partial charge in [0, 0.05) is 9.79 Å². The molecule has 0 saturated carbocycles. The van der Waals surface area contributed by atoms with E-state index < -0.39 is 18.0 Å². The lowest BCUT2D eigenvalue weighted by Crippen LogP contribution is -2.26. The number of ether oxygens (including phenoxy) is 2. The lowest BCUT2D eigenvalue weighted by molar-refractivity contribution is 0.0588. The molecule has 0 aromatic heterocycles. The van der Waals surface area contributed by atoms with Gasteiger partial charge in [0.1, 0.15) is 0 Å². The molecule has 2 aromatic carbocycles. The van der Waals surface area contributed by atoms with Gasteiger partial charge in [0.25, 0.3) is 0 Å². The number of amides is 2. The summed E-state index contributed by atoms with van der Waals surface area (Å²) in [6.45, 7) is 0. The smallest absolute Gasteiger partial charge is 0.339 e. The number of methoxy groups -OCH3 is 2. The van der Waals surface area contributed by atoms with Crippen LogP contribution in [0.4, 0.5) is 4.79 Å². The summed E-state index contributed by atoms with van der Waals surface area (Å²) in [6.07, 6.45) is 0. The molecule has 9 heteroatoms. The second-order valence-electron chi connectivity index (χ2n) is 4.71. The quantitative estimate of drug-likeness (QED) is 0.575. The fraction of sp³-hybridized carbons (Fsp3) is 0.118. The zero-order valence-electron chi connectivity index (χ0n) is 14.0. The Morgan fingerprint density at radius 2 is 1.12 bits per heavy atom. The molecular weight excluding hydrogens is 376 g/mol. The normalized spacial score (nSPS) is 9.92. The third kappa shape index (κ3) is 5.17. The van der Waals surface area contributed by atoms with Crippen molar-refractivity contribution in [1.82, 2.24) is 9.44 Å². The van der Waals surface area contributed by atoms with Crippen molar-refractivity contribution in [2.75, 3.05) is 14.2 Å². The molecule has 136 valence electrons. The molecule has 2 N–H and O–H groups in total. The van der Waals surface area contributed by atoms with Crippen LogP contribution < -0.4 is 9.44 Å². The number of esters is 2. The van der Waals surface area contributed by atoms with Crippen molar-refractivity contribution in [3.8, 4) is 0 Å². The van der Waals surface area contributed by atoms with Crippen LogP contribution in [0.3, 0.4) is 0 Å². The molecule has 0 unspecified atom stereocenters. The minimum absolute atomic E-state index is 0.351. The first kappa shape index (κ1) is 19.7. The zero-order valence-corrected chi connectivity index (χ0v) is 15.6. The molecule has 0 radical (unpaired) electrons. The van der Waals surface area contributed by atoms with Crippen LogP contribution in [-0.4, -0.2) is 32.2 Å². The number of nitrogens with one attached hydrogen (secondary N) is 2. The van der Waals surface area contributed by atoms with Gasteiger partial charge in [-0.25, -0.2) is 14.4 Å². The molecule has 0 fully saturated rings. The monoisotopic (exact) mass is 392 g/mol. The van der Waals surface area contributed by atoms with E-state index in [1.807, 2.05) is 0 Å². The van der Waals surface area contributed by atoms with Gasteiger partial charge < -0.3 is 9.47 Å². The summed E-state index contributed by atoms with van der Waals surface area (Å²) in [5.74, 6) is -0.978. The van der Waals surface area contributed by atoms with E-state index in [0.29, 0.717) is 20.9 Å². The molecule has 2 amide bonds. The Hall–Kier alpha value is -2.65. The van der Waals surface area contributed by atoms with E-state index in [1.165, 1.54) is 14.2 Å². The number of urea groups is 1. The van der Waals surface area contributed by atoms with Gasteiger partial charge in [-0.2, -0.15) is 0 Å². The lowest BCUT2D eigenvalue weighted by Gasteiger charge is -2.10. The Balaban J connectivity index is 1.95. The van der Waals surface area contributed by atoms with Crippen molar-refractivity contribution in [3.63, 3.8) is 0 Å². The average Bonchev–Trinajstić information content (AvgIpc) is 2.69. The highest BCUT2D eigenvalue weighted by atomic mass is 32.2. The maximum Gasteiger partial charge on any atom is 0.339 e. The second kappa shape index (κ2) is 9.73. The van der Waals surface area contributed by atoms with Gasteiger partial charge in [-0.05, 0) is 48.2 Å². The Morgan fingerprint density at radius 1 is 0.731 bits per heavy atom. The summed E-state index contributed by atoms with van der Waals surface area (Å²) in [5, 5.41) is 0. The molecule has 7 nitrogen and oxygen atoms in total. The van der Waals surface area contributed by atoms with Crippen LogP contribution in [0.1, 0.15) is 20.7 Å². The van der Waals surface area contributed by atoms with Crippen LogP contribution in [-0.2, 0) is 9.47 Å². The van der Waals surface area contributed by atoms with Gasteiger partial charge in [0.2, 0.25) is 0 Å². The van der Waals surface area contributed by atoms with Gasteiger partial charge in [0.15, 0.2) is 0 Å². The van der Waals surface area contributed by atoms with Crippen molar-refractivity contribution in [2.24, 2.45) is 0 Å². The molecule has 0 aliphatic rings. The van der Waals surface area contributed by atoms with E-state index in [0.717, 1.165) is 23.9 Å². The van der Waals surface area contributed by atoms with Crippen LogP contribution in [0, 0.1) is 0 Å². The first-order valence-electron chi connectivity index (χ1n) is 7.31. The maximum atomic E-state index is 12.0. The standard InChI is InChI=1S/C17H16N2O5S2/c1-23-15(20)11-7-3-5-9-13(11)25-18-17(22)19-26-14-10-6-4-8-12(14)16(21)24-2/h3-10H,1-2H3,(H2,18,19,22). The molecule has 0 aliphatic heterocycles. The van der Waals surface area contributed by atoms with Gasteiger partial charge in [0.05, 0.1) is 25.3 Å². The van der Waals surface area contributed by atoms with Gasteiger partial charge >= 0.3 is 18.0 Å². The number of hydrogen-bond donors (Lipinski definition) is 2. The Kier molecular flexibility index (Phi) is 7.37. The maximum absolute atomic E-state index is 12.0. The minimum Gasteiger partial charge on any atom is -0.465 e. The minimum atomic E-state index is -0.501. The van der Waals surface area contributed by atoms with E-state index in [-0.39, 0.29) is 0 Å². The third-order valence-corrected chi connectivity index (χ3v) is 4.82. The SMILES string of the molecule is COC(=O)c1ccccc1SNC(=O)NSc1ccccc1C(=O)OC. The summed E-state index contributed by atoms with van der Waals surface area (Å²) in [7, 11) is 2.58. The van der Waals surface area contributed by atoms with Crippen LogP contribution in [0.25, 0.3) is 0 Å². The molecule has 2 aromatic rings. The van der Waals surface area contributed by atoms with Crippen molar-refractivity contribution in [3.05, 3.63) is 59.7 Å². The van der Waals surface area contributed by atoms with Crippen LogP contribution in [0.2, 0.25) is 0 Å². The van der Waals surface area contributed by atoms with E-state index >= 15 is 0 Å². The highest BCUT2D eigenvalue weighted by Crippen LogP contribution is 2.22. The Bertz CT molecular complexity index is 748. The molecule has 26 heavy (non-hydrogen) atoms. The lowest BCUT2D eigenvalue weighted by atomic mass is 10.2. The number of hydrogen-bond acceptors (Lipinski definition) is 7. The first-order chi connectivity index (χ1) is 12.6. The highest BCUT2D eigenvalue weighted by molar-refractivity contribution is 7.99. The van der Waals surface area contributed by atoms with Gasteiger partial charge in [-0.1, -0.05) is 24.3 Å². The molecule has 0 spiro atoms. The largest absolute Gasteiger partial charge is 0.465 e. The number of benzene rings is 2. The van der Waals surface area contributed by atoms with Crippen molar-refractivity contribution in [2.45, 2.75) is 9.79 Å². The summed E-state index contributed by atoms with van der Waals surface area (Å²) in [6, 6.07) is 13.0. The number of carbonyl (C=O) groups excluding carboxylic acids is 3. The van der Waals surface area contributed by atoms with Crippen molar-refractivity contribution in [1.29, 1.82) is 0 Å². The van der Waals surface area contributed by atoms with Gasteiger partial charge in [-0.3, -0.25) is 9.44 Å². The highest BCUT2D eigenvalue weighted by Gasteiger charge is 2.14. The Labute approximate surface area is 159 Å². The second-order valence-corrected chi connectivity index (χ2v) is 6.41. The number of carbonyl (C=O) groups is 3. The fourth-order valence-corrected chi connectivity index (χ4v) is 3.28. The predicted octanol–water partition coefficient (Wildman–Crippen LogP) is 3.27. The van der Waals surface area contributed by atoms with Crippen LogP contribution >= 0.6 is 23.9 Å². The first-order valence-corrected chi connectivity index (χ1v) is 8.94. The van der Waals surface area contributed by atoms with E-state index in [4.69, 9.17) is 9.47 Å². The third-order valence-electron chi connectivity index (χ3n) is 3.09. The van der Waals surface area contributed by atoms with Crippen molar-refractivity contribution >= 4 is 41.9 Å². The summed E-state index contributed by atoms with van der Waals surface area (Å²) >= 11 is 1.96.